The second kappa shape index (κ2) is 3.28. The Bertz CT molecular complexity index is 765. The van der Waals surface area contributed by atoms with Crippen molar-refractivity contribution in [3.05, 3.63) is 34.7 Å². The van der Waals surface area contributed by atoms with Crippen molar-refractivity contribution in [2.24, 2.45) is 0 Å². The topological polar surface area (TPSA) is 72.8 Å². The van der Waals surface area contributed by atoms with Crippen molar-refractivity contribution < 1.29 is 18.7 Å². The molecule has 3 aromatic rings. The zero-order chi connectivity index (χ0) is 12.0. The molecule has 0 saturated heterocycles. The van der Waals surface area contributed by atoms with E-state index < -0.39 is 5.63 Å². The highest BCUT2D eigenvalue weighted by Crippen LogP contribution is 2.33. The van der Waals surface area contributed by atoms with Gasteiger partial charge in [-0.15, -0.1) is 0 Å². The largest absolute Gasteiger partial charge is 0.507 e. The quantitative estimate of drug-likeness (QED) is 0.651. The molecule has 0 saturated carbocycles. The Labute approximate surface area is 94.8 Å². The first-order valence-corrected chi connectivity index (χ1v) is 4.92. The van der Waals surface area contributed by atoms with E-state index in [2.05, 4.69) is 0 Å². The lowest BCUT2D eigenvalue weighted by Crippen LogP contribution is -1.95. The first-order chi connectivity index (χ1) is 8.19. The molecule has 1 aromatic carbocycles. The number of furan rings is 1. The highest BCUT2D eigenvalue weighted by atomic mass is 16.6. The van der Waals surface area contributed by atoms with E-state index in [4.69, 9.17) is 13.6 Å². The van der Waals surface area contributed by atoms with E-state index in [1.165, 1.54) is 7.11 Å². The van der Waals surface area contributed by atoms with Gasteiger partial charge in [0, 0.05) is 6.07 Å². The summed E-state index contributed by atoms with van der Waals surface area (Å²) in [5.41, 5.74) is 0.213. The first kappa shape index (κ1) is 9.77. The number of methoxy groups -OCH3 is 1. The van der Waals surface area contributed by atoms with Crippen molar-refractivity contribution in [1.29, 1.82) is 0 Å². The number of benzene rings is 1. The van der Waals surface area contributed by atoms with Gasteiger partial charge < -0.3 is 18.7 Å². The number of hydrogen-bond acceptors (Lipinski definition) is 5. The van der Waals surface area contributed by atoms with Gasteiger partial charge in [-0.25, -0.2) is 4.79 Å². The molecule has 17 heavy (non-hydrogen) atoms. The lowest BCUT2D eigenvalue weighted by atomic mass is 10.1. The molecule has 0 atom stereocenters. The molecule has 2 aromatic heterocycles. The molecule has 0 fully saturated rings. The van der Waals surface area contributed by atoms with Gasteiger partial charge in [0.15, 0.2) is 5.58 Å². The molecular formula is C12H8O5. The van der Waals surface area contributed by atoms with Crippen molar-refractivity contribution in [3.63, 3.8) is 0 Å². The molecular weight excluding hydrogens is 224 g/mol. The third-order valence-corrected chi connectivity index (χ3v) is 2.56. The average Bonchev–Trinajstić information content (AvgIpc) is 2.72. The van der Waals surface area contributed by atoms with Crippen LogP contribution in [0.2, 0.25) is 0 Å². The lowest BCUT2D eigenvalue weighted by Gasteiger charge is -1.98. The SMILES string of the molecule is COc1cc2c(ccc3c(O)cc(=O)oc32)o1. The molecule has 0 amide bonds. The van der Waals surface area contributed by atoms with E-state index in [-0.39, 0.29) is 5.75 Å². The summed E-state index contributed by atoms with van der Waals surface area (Å²) in [6.45, 7) is 0. The van der Waals surface area contributed by atoms with Gasteiger partial charge >= 0.3 is 5.63 Å². The van der Waals surface area contributed by atoms with Crippen LogP contribution in [0, 0.1) is 0 Å². The fourth-order valence-corrected chi connectivity index (χ4v) is 1.79. The van der Waals surface area contributed by atoms with Gasteiger partial charge in [0.1, 0.15) is 11.3 Å². The summed E-state index contributed by atoms with van der Waals surface area (Å²) in [6, 6.07) is 5.95. The van der Waals surface area contributed by atoms with Crippen LogP contribution in [-0.4, -0.2) is 12.2 Å². The maximum Gasteiger partial charge on any atom is 0.339 e. The predicted octanol–water partition coefficient (Wildman–Crippen LogP) is 2.25. The maximum atomic E-state index is 11.2. The molecule has 0 unspecified atom stereocenters. The third-order valence-electron chi connectivity index (χ3n) is 2.56. The average molecular weight is 232 g/mol. The molecule has 0 aliphatic heterocycles. The molecule has 0 spiro atoms. The molecule has 2 heterocycles. The molecule has 0 aliphatic rings. The summed E-state index contributed by atoms with van der Waals surface area (Å²) in [5.74, 6) is 0.205. The van der Waals surface area contributed by atoms with Crippen molar-refractivity contribution in [2.45, 2.75) is 0 Å². The van der Waals surface area contributed by atoms with Gasteiger partial charge in [-0.05, 0) is 12.1 Å². The van der Waals surface area contributed by atoms with Crippen LogP contribution in [-0.2, 0) is 0 Å². The van der Waals surface area contributed by atoms with Crippen molar-refractivity contribution >= 4 is 21.9 Å². The van der Waals surface area contributed by atoms with Crippen molar-refractivity contribution in [3.8, 4) is 11.7 Å². The predicted molar refractivity (Wildman–Crippen MR) is 60.5 cm³/mol. The molecule has 0 bridgehead atoms. The minimum absolute atomic E-state index is 0.113. The Morgan fingerprint density at radius 1 is 1.18 bits per heavy atom. The van der Waals surface area contributed by atoms with Crippen LogP contribution in [0.15, 0.2) is 37.9 Å². The molecule has 0 aliphatic carbocycles. The number of rotatable bonds is 1. The number of hydrogen-bond donors (Lipinski definition) is 1. The maximum absolute atomic E-state index is 11.2. The van der Waals surface area contributed by atoms with Gasteiger partial charge in [0.25, 0.3) is 5.95 Å². The monoisotopic (exact) mass is 232 g/mol. The minimum Gasteiger partial charge on any atom is -0.507 e. The smallest absolute Gasteiger partial charge is 0.339 e. The van der Waals surface area contributed by atoms with E-state index >= 15 is 0 Å². The van der Waals surface area contributed by atoms with Crippen LogP contribution >= 0.6 is 0 Å². The Morgan fingerprint density at radius 3 is 2.76 bits per heavy atom. The van der Waals surface area contributed by atoms with Crippen LogP contribution in [0.5, 0.6) is 11.7 Å². The van der Waals surface area contributed by atoms with E-state index in [0.29, 0.717) is 27.9 Å². The van der Waals surface area contributed by atoms with Crippen LogP contribution in [0.1, 0.15) is 0 Å². The number of ether oxygens (including phenoxy) is 1. The molecule has 5 nitrogen and oxygen atoms in total. The van der Waals surface area contributed by atoms with Crippen molar-refractivity contribution in [1.82, 2.24) is 0 Å². The van der Waals surface area contributed by atoms with Crippen LogP contribution in [0.25, 0.3) is 21.9 Å². The number of aromatic hydroxyl groups is 1. The fourth-order valence-electron chi connectivity index (χ4n) is 1.79. The first-order valence-electron chi connectivity index (χ1n) is 4.92. The van der Waals surface area contributed by atoms with Crippen molar-refractivity contribution in [2.75, 3.05) is 7.11 Å². The van der Waals surface area contributed by atoms with Gasteiger partial charge in [-0.1, -0.05) is 0 Å². The molecule has 1 N–H and O–H groups in total. The fraction of sp³-hybridized carbons (Fsp3) is 0.0833. The Kier molecular flexibility index (Phi) is 1.89. The summed E-state index contributed by atoms with van der Waals surface area (Å²) >= 11 is 0. The summed E-state index contributed by atoms with van der Waals surface area (Å²) in [7, 11) is 1.48. The van der Waals surface area contributed by atoms with E-state index in [1.807, 2.05) is 0 Å². The van der Waals surface area contributed by atoms with E-state index in [0.717, 1.165) is 6.07 Å². The van der Waals surface area contributed by atoms with Gasteiger partial charge in [0.05, 0.1) is 23.9 Å². The number of fused-ring (bicyclic) bond motifs is 3. The van der Waals surface area contributed by atoms with E-state index in [9.17, 15) is 9.90 Å². The lowest BCUT2D eigenvalue weighted by molar-refractivity contribution is 0.316. The summed E-state index contributed by atoms with van der Waals surface area (Å²) in [5, 5.41) is 10.7. The van der Waals surface area contributed by atoms with Crippen LogP contribution < -0.4 is 10.4 Å². The zero-order valence-corrected chi connectivity index (χ0v) is 8.89. The summed E-state index contributed by atoms with van der Waals surface area (Å²) in [4.78, 5) is 11.2. The highest BCUT2D eigenvalue weighted by molar-refractivity contribution is 6.04. The highest BCUT2D eigenvalue weighted by Gasteiger charge is 2.12. The van der Waals surface area contributed by atoms with E-state index in [1.54, 1.807) is 18.2 Å². The molecule has 0 radical (unpaired) electrons. The third kappa shape index (κ3) is 1.36. The standard InChI is InChI=1S/C12H8O5/c1-15-11-4-7-9(16-11)3-2-6-8(13)5-10(14)17-12(6)7/h2-5,13H,1H3. The normalized spacial score (nSPS) is 11.1. The van der Waals surface area contributed by atoms with Crippen LogP contribution in [0.4, 0.5) is 0 Å². The van der Waals surface area contributed by atoms with Gasteiger partial charge in [-0.2, -0.15) is 0 Å². The summed E-state index contributed by atoms with van der Waals surface area (Å²) < 4.78 is 15.4. The molecule has 5 heteroatoms. The second-order valence-corrected chi connectivity index (χ2v) is 3.57. The second-order valence-electron chi connectivity index (χ2n) is 3.57. The molecule has 86 valence electrons. The van der Waals surface area contributed by atoms with Gasteiger partial charge in [0.2, 0.25) is 0 Å². The Morgan fingerprint density at radius 2 is 2.00 bits per heavy atom. The summed E-state index contributed by atoms with van der Waals surface area (Å²) in [6.07, 6.45) is 0. The minimum atomic E-state index is -0.609. The van der Waals surface area contributed by atoms with Crippen LogP contribution in [0.3, 0.4) is 0 Å². The molecule has 3 rings (SSSR count). The van der Waals surface area contributed by atoms with Gasteiger partial charge in [-0.3, -0.25) is 0 Å². The Hall–Kier alpha value is -2.43. The zero-order valence-electron chi connectivity index (χ0n) is 8.89. The Balaban J connectivity index is 2.53.